The van der Waals surface area contributed by atoms with Crippen LogP contribution in [0.3, 0.4) is 0 Å². The Balaban J connectivity index is 1.58. The Morgan fingerprint density at radius 2 is 2.04 bits per heavy atom. The molecule has 2 N–H and O–H groups in total. The molecule has 0 aliphatic carbocycles. The van der Waals surface area contributed by atoms with Gasteiger partial charge in [0.1, 0.15) is 11.1 Å². The van der Waals surface area contributed by atoms with Crippen LogP contribution in [0, 0.1) is 5.92 Å². The number of rotatable bonds is 7. The zero-order valence-electron chi connectivity index (χ0n) is 14.1. The first-order valence-corrected chi connectivity index (χ1v) is 9.02. The van der Waals surface area contributed by atoms with Gasteiger partial charge in [-0.2, -0.15) is 4.57 Å². The second-order valence-electron chi connectivity index (χ2n) is 6.08. The highest BCUT2D eigenvalue weighted by molar-refractivity contribution is 8.04. The molecule has 0 unspecified atom stereocenters. The van der Waals surface area contributed by atoms with Crippen molar-refractivity contribution in [2.24, 2.45) is 5.92 Å². The highest BCUT2D eigenvalue weighted by atomic mass is 32.2. The summed E-state index contributed by atoms with van der Waals surface area (Å²) in [5.74, 6) is -2.62. The van der Waals surface area contributed by atoms with Gasteiger partial charge in [0.25, 0.3) is 0 Å². The topological polar surface area (TPSA) is 108 Å². The first kappa shape index (κ1) is 18.4. The van der Waals surface area contributed by atoms with Gasteiger partial charge in [-0.3, -0.25) is 9.69 Å². The van der Waals surface area contributed by atoms with Gasteiger partial charge in [0.15, 0.2) is 12.4 Å². The summed E-state index contributed by atoms with van der Waals surface area (Å²) in [6.07, 6.45) is 2.86. The monoisotopic (exact) mass is 379 g/mol. The van der Waals surface area contributed by atoms with E-state index in [0.29, 0.717) is 4.91 Å². The third-order valence-electron chi connectivity index (χ3n) is 4.26. The number of carboxylic acid groups (broad SMARTS) is 1. The van der Waals surface area contributed by atoms with Crippen molar-refractivity contribution >= 4 is 29.6 Å². The Labute approximate surface area is 154 Å². The summed E-state index contributed by atoms with van der Waals surface area (Å²) in [7, 11) is 0. The van der Waals surface area contributed by atoms with E-state index in [2.05, 4.69) is 0 Å². The maximum absolute atomic E-state index is 12.1. The fraction of sp³-hybridized carbons (Fsp3) is 0.412. The van der Waals surface area contributed by atoms with Crippen molar-refractivity contribution in [1.29, 1.82) is 0 Å². The molecule has 1 amide bonds. The predicted molar refractivity (Wildman–Crippen MR) is 90.3 cm³/mol. The molecule has 0 radical (unpaired) electrons. The lowest BCUT2D eigenvalue weighted by molar-refractivity contribution is -0.686. The molecule has 0 spiro atoms. The van der Waals surface area contributed by atoms with Crippen LogP contribution in [0.15, 0.2) is 41.2 Å². The molecule has 0 aromatic carbocycles. The molecular formula is C17H19N2O6S+. The van der Waals surface area contributed by atoms with Crippen molar-refractivity contribution < 1.29 is 33.9 Å². The fourth-order valence-corrected chi connectivity index (χ4v) is 4.62. The summed E-state index contributed by atoms with van der Waals surface area (Å²) in [4.78, 5) is 37.2. The van der Waals surface area contributed by atoms with E-state index in [-0.39, 0.29) is 31.2 Å². The van der Waals surface area contributed by atoms with Crippen molar-refractivity contribution in [2.45, 2.75) is 31.4 Å². The van der Waals surface area contributed by atoms with Crippen molar-refractivity contribution in [3.63, 3.8) is 0 Å². The van der Waals surface area contributed by atoms with E-state index in [1.165, 1.54) is 23.6 Å². The number of carboxylic acids is 1. The minimum atomic E-state index is -1.20. The SMILES string of the molecule is C[C@@H](O)[C@H]1C(=O)N2C(C(=O)O)=C(CCOC(=O)C[n+]3ccccc3)S[C@H]12. The Morgan fingerprint density at radius 3 is 2.65 bits per heavy atom. The lowest BCUT2D eigenvalue weighted by Crippen LogP contribution is -2.60. The lowest BCUT2D eigenvalue weighted by atomic mass is 9.92. The summed E-state index contributed by atoms with van der Waals surface area (Å²) < 4.78 is 6.85. The summed E-state index contributed by atoms with van der Waals surface area (Å²) in [5, 5.41) is 18.7. The van der Waals surface area contributed by atoms with E-state index in [1.54, 1.807) is 29.1 Å². The molecule has 26 heavy (non-hydrogen) atoms. The number of β-lactam (4-membered cyclic amide) rings is 1. The van der Waals surface area contributed by atoms with Gasteiger partial charge < -0.3 is 14.9 Å². The molecule has 138 valence electrons. The predicted octanol–water partition coefficient (Wildman–Crippen LogP) is 0.116. The van der Waals surface area contributed by atoms with E-state index in [0.717, 1.165) is 0 Å². The quantitative estimate of drug-likeness (QED) is 0.393. The molecule has 0 saturated carbocycles. The van der Waals surface area contributed by atoms with Crippen LogP contribution in [0.1, 0.15) is 13.3 Å². The number of aliphatic hydroxyl groups excluding tert-OH is 1. The molecule has 3 rings (SSSR count). The summed E-state index contributed by atoms with van der Waals surface area (Å²) in [6, 6.07) is 5.43. The van der Waals surface area contributed by atoms with Gasteiger partial charge in [0, 0.05) is 23.5 Å². The summed E-state index contributed by atoms with van der Waals surface area (Å²) in [6.45, 7) is 1.61. The number of aliphatic hydroxyl groups is 1. The number of carbonyl (C=O) groups is 3. The number of aliphatic carboxylic acids is 1. The molecule has 1 aromatic heterocycles. The van der Waals surface area contributed by atoms with Crippen molar-refractivity contribution in [3.8, 4) is 0 Å². The number of ether oxygens (including phenoxy) is 1. The van der Waals surface area contributed by atoms with Gasteiger partial charge in [0.2, 0.25) is 12.5 Å². The molecular weight excluding hydrogens is 360 g/mol. The van der Waals surface area contributed by atoms with Crippen LogP contribution < -0.4 is 4.57 Å². The van der Waals surface area contributed by atoms with E-state index < -0.39 is 29.3 Å². The number of hydrogen-bond donors (Lipinski definition) is 2. The van der Waals surface area contributed by atoms with Crippen molar-refractivity contribution in [3.05, 3.63) is 41.2 Å². The van der Waals surface area contributed by atoms with Gasteiger partial charge in [0.05, 0.1) is 18.6 Å². The average Bonchev–Trinajstić information content (AvgIpc) is 2.90. The van der Waals surface area contributed by atoms with Crippen molar-refractivity contribution in [2.75, 3.05) is 6.61 Å². The second-order valence-corrected chi connectivity index (χ2v) is 7.29. The number of amides is 1. The van der Waals surface area contributed by atoms with Crippen LogP contribution in [-0.2, 0) is 25.7 Å². The van der Waals surface area contributed by atoms with Crippen LogP contribution in [0.25, 0.3) is 0 Å². The van der Waals surface area contributed by atoms with Gasteiger partial charge in [-0.15, -0.1) is 11.8 Å². The van der Waals surface area contributed by atoms with Crippen LogP contribution in [0.2, 0.25) is 0 Å². The van der Waals surface area contributed by atoms with E-state index in [9.17, 15) is 24.6 Å². The normalized spacial score (nSPS) is 22.7. The first-order chi connectivity index (χ1) is 12.4. The Bertz CT molecular complexity index is 764. The van der Waals surface area contributed by atoms with Crippen molar-refractivity contribution in [1.82, 2.24) is 4.90 Å². The van der Waals surface area contributed by atoms with Crippen LogP contribution >= 0.6 is 11.8 Å². The molecule has 3 atom stereocenters. The number of aromatic nitrogens is 1. The fourth-order valence-electron chi connectivity index (χ4n) is 3.02. The molecule has 8 nitrogen and oxygen atoms in total. The Kier molecular flexibility index (Phi) is 5.28. The van der Waals surface area contributed by atoms with Crippen LogP contribution in [0.5, 0.6) is 0 Å². The third kappa shape index (κ3) is 3.45. The molecule has 3 heterocycles. The maximum Gasteiger partial charge on any atom is 0.372 e. The summed E-state index contributed by atoms with van der Waals surface area (Å²) in [5.41, 5.74) is -0.0737. The minimum absolute atomic E-state index is 0.0272. The number of hydrogen-bond acceptors (Lipinski definition) is 6. The lowest BCUT2D eigenvalue weighted by Gasteiger charge is -2.43. The first-order valence-electron chi connectivity index (χ1n) is 8.14. The van der Waals surface area contributed by atoms with E-state index >= 15 is 0 Å². The zero-order chi connectivity index (χ0) is 18.8. The second kappa shape index (κ2) is 7.46. The molecule has 2 aliphatic heterocycles. The highest BCUT2D eigenvalue weighted by Gasteiger charge is 2.57. The van der Waals surface area contributed by atoms with E-state index in [4.69, 9.17) is 4.74 Å². The molecule has 1 aromatic rings. The molecule has 0 bridgehead atoms. The minimum Gasteiger partial charge on any atom is -0.477 e. The number of nitrogens with zero attached hydrogens (tertiary/aromatic N) is 2. The van der Waals surface area contributed by atoms with Crippen LogP contribution in [-0.4, -0.2) is 51.0 Å². The van der Waals surface area contributed by atoms with Gasteiger partial charge in [-0.25, -0.2) is 9.59 Å². The molecule has 1 saturated heterocycles. The number of thioether (sulfide) groups is 1. The third-order valence-corrected chi connectivity index (χ3v) is 5.68. The average molecular weight is 379 g/mol. The number of carbonyl (C=O) groups excluding carboxylic acids is 2. The number of esters is 1. The number of pyridine rings is 1. The van der Waals surface area contributed by atoms with E-state index in [1.807, 2.05) is 6.07 Å². The molecule has 9 heteroatoms. The zero-order valence-corrected chi connectivity index (χ0v) is 14.9. The molecule has 2 aliphatic rings. The Hall–Kier alpha value is -2.39. The van der Waals surface area contributed by atoms with Gasteiger partial charge >= 0.3 is 11.9 Å². The molecule has 1 fully saturated rings. The van der Waals surface area contributed by atoms with Gasteiger partial charge in [-0.1, -0.05) is 6.07 Å². The largest absolute Gasteiger partial charge is 0.477 e. The maximum atomic E-state index is 12.1. The van der Waals surface area contributed by atoms with Gasteiger partial charge in [-0.05, 0) is 6.92 Å². The highest BCUT2D eigenvalue weighted by Crippen LogP contribution is 2.51. The standard InChI is InChI=1S/C17H18N2O6S/c1-10(20)13-15(22)19-14(17(23)24)11(26-16(13)19)5-8-25-12(21)9-18-6-3-2-4-7-18/h2-4,6-7,10,13,16,20H,5,8-9H2,1H3/p+1/t10-,13+,16-/m1/s1. The number of fused-ring (bicyclic) bond motifs is 1. The Morgan fingerprint density at radius 1 is 1.35 bits per heavy atom. The smallest absolute Gasteiger partial charge is 0.372 e. The summed E-state index contributed by atoms with van der Waals surface area (Å²) >= 11 is 1.24. The van der Waals surface area contributed by atoms with Crippen LogP contribution in [0.4, 0.5) is 0 Å².